The highest BCUT2D eigenvalue weighted by Crippen LogP contribution is 2.36. The van der Waals surface area contributed by atoms with Gasteiger partial charge in [0.1, 0.15) is 5.75 Å². The van der Waals surface area contributed by atoms with Crippen molar-refractivity contribution in [3.8, 4) is 5.75 Å². The molecule has 0 aliphatic heterocycles. The van der Waals surface area contributed by atoms with Crippen molar-refractivity contribution in [3.63, 3.8) is 0 Å². The van der Waals surface area contributed by atoms with Crippen molar-refractivity contribution >= 4 is 11.8 Å². The molecular weight excluding hydrogens is 256 g/mol. The minimum atomic E-state index is -0.271. The number of benzene rings is 1. The number of carbonyl (C=O) groups is 2. The van der Waals surface area contributed by atoms with Gasteiger partial charge in [0.05, 0.1) is 12.7 Å². The summed E-state index contributed by atoms with van der Waals surface area (Å²) in [7, 11) is 1.37. The standard InChI is InChI=1S/C16H20O4/c1-20-15(18)10-11-6-2-3-7-12(11)16(19)13-8-4-5-9-14(13)17/h4-5,8-9,11-12,17H,2-3,6-7,10H2,1H3. The summed E-state index contributed by atoms with van der Waals surface area (Å²) in [6.45, 7) is 0. The number of esters is 1. The van der Waals surface area contributed by atoms with E-state index in [9.17, 15) is 14.7 Å². The quantitative estimate of drug-likeness (QED) is 0.678. The summed E-state index contributed by atoms with van der Waals surface area (Å²) in [5, 5.41) is 9.81. The Morgan fingerprint density at radius 1 is 1.25 bits per heavy atom. The van der Waals surface area contributed by atoms with Crippen LogP contribution in [0.5, 0.6) is 5.75 Å². The Hall–Kier alpha value is -1.84. The number of carbonyl (C=O) groups excluding carboxylic acids is 2. The van der Waals surface area contributed by atoms with E-state index >= 15 is 0 Å². The number of ether oxygens (including phenoxy) is 1. The van der Waals surface area contributed by atoms with Gasteiger partial charge in [-0.05, 0) is 30.9 Å². The Balaban J connectivity index is 2.17. The first kappa shape index (κ1) is 14.6. The van der Waals surface area contributed by atoms with Crippen LogP contribution >= 0.6 is 0 Å². The Bertz CT molecular complexity index is 495. The van der Waals surface area contributed by atoms with Crippen molar-refractivity contribution < 1.29 is 19.4 Å². The maximum absolute atomic E-state index is 12.6. The number of methoxy groups -OCH3 is 1. The van der Waals surface area contributed by atoms with Gasteiger partial charge < -0.3 is 9.84 Å². The lowest BCUT2D eigenvalue weighted by atomic mass is 9.74. The van der Waals surface area contributed by atoms with Gasteiger partial charge in [0.2, 0.25) is 0 Å². The summed E-state index contributed by atoms with van der Waals surface area (Å²) in [6, 6.07) is 6.59. The highest BCUT2D eigenvalue weighted by atomic mass is 16.5. The highest BCUT2D eigenvalue weighted by Gasteiger charge is 2.33. The molecule has 1 fully saturated rings. The maximum Gasteiger partial charge on any atom is 0.305 e. The van der Waals surface area contributed by atoms with Crippen molar-refractivity contribution in [1.29, 1.82) is 0 Å². The molecule has 0 saturated heterocycles. The first-order valence-electron chi connectivity index (χ1n) is 7.02. The summed E-state index contributed by atoms with van der Waals surface area (Å²) in [6.07, 6.45) is 3.93. The largest absolute Gasteiger partial charge is 0.507 e. The Morgan fingerprint density at radius 3 is 2.65 bits per heavy atom. The zero-order chi connectivity index (χ0) is 14.5. The van der Waals surface area contributed by atoms with Crippen LogP contribution in [0.2, 0.25) is 0 Å². The zero-order valence-corrected chi connectivity index (χ0v) is 11.7. The summed E-state index contributed by atoms with van der Waals surface area (Å²) >= 11 is 0. The van der Waals surface area contributed by atoms with Gasteiger partial charge in [-0.2, -0.15) is 0 Å². The van der Waals surface area contributed by atoms with E-state index in [1.807, 2.05) is 0 Å². The van der Waals surface area contributed by atoms with Crippen LogP contribution in [0.3, 0.4) is 0 Å². The normalized spacial score (nSPS) is 22.2. The fourth-order valence-corrected chi connectivity index (χ4v) is 2.98. The van der Waals surface area contributed by atoms with Crippen molar-refractivity contribution in [2.75, 3.05) is 7.11 Å². The molecular formula is C16H20O4. The molecule has 2 unspecified atom stereocenters. The van der Waals surface area contributed by atoms with Gasteiger partial charge in [0.25, 0.3) is 0 Å². The number of phenols is 1. The lowest BCUT2D eigenvalue weighted by Gasteiger charge is -2.29. The van der Waals surface area contributed by atoms with Gasteiger partial charge in [-0.25, -0.2) is 0 Å². The second-order valence-corrected chi connectivity index (χ2v) is 5.31. The third-order valence-corrected chi connectivity index (χ3v) is 4.07. The topological polar surface area (TPSA) is 63.6 Å². The number of ketones is 1. The predicted molar refractivity (Wildman–Crippen MR) is 74.5 cm³/mol. The number of hydrogen-bond donors (Lipinski definition) is 1. The lowest BCUT2D eigenvalue weighted by Crippen LogP contribution is -2.29. The molecule has 4 nitrogen and oxygen atoms in total. The summed E-state index contributed by atoms with van der Waals surface area (Å²) in [4.78, 5) is 24.1. The second-order valence-electron chi connectivity index (χ2n) is 5.31. The third kappa shape index (κ3) is 3.18. The van der Waals surface area contributed by atoms with Crippen molar-refractivity contribution in [3.05, 3.63) is 29.8 Å². The van der Waals surface area contributed by atoms with Crippen LogP contribution in [0, 0.1) is 11.8 Å². The van der Waals surface area contributed by atoms with Crippen molar-refractivity contribution in [2.45, 2.75) is 32.1 Å². The summed E-state index contributed by atoms with van der Waals surface area (Å²) in [5.74, 6) is -0.497. The van der Waals surface area contributed by atoms with Gasteiger partial charge >= 0.3 is 5.97 Å². The third-order valence-electron chi connectivity index (χ3n) is 4.07. The van der Waals surface area contributed by atoms with E-state index in [4.69, 9.17) is 4.74 Å². The molecule has 20 heavy (non-hydrogen) atoms. The molecule has 0 bridgehead atoms. The summed E-state index contributed by atoms with van der Waals surface area (Å²) < 4.78 is 4.71. The molecule has 4 heteroatoms. The molecule has 0 radical (unpaired) electrons. The highest BCUT2D eigenvalue weighted by molar-refractivity contribution is 6.00. The Labute approximate surface area is 118 Å². The number of hydrogen-bond acceptors (Lipinski definition) is 4. The molecule has 1 aliphatic rings. The van der Waals surface area contributed by atoms with Crippen molar-refractivity contribution in [1.82, 2.24) is 0 Å². The molecule has 108 valence electrons. The van der Waals surface area contributed by atoms with Gasteiger partial charge in [0, 0.05) is 12.3 Å². The lowest BCUT2D eigenvalue weighted by molar-refractivity contribution is -0.142. The van der Waals surface area contributed by atoms with Crippen LogP contribution in [-0.4, -0.2) is 24.0 Å². The molecule has 2 atom stereocenters. The molecule has 0 spiro atoms. The van der Waals surface area contributed by atoms with Crippen LogP contribution in [0.25, 0.3) is 0 Å². The second kappa shape index (κ2) is 6.55. The Kier molecular flexibility index (Phi) is 4.77. The molecule has 2 rings (SSSR count). The van der Waals surface area contributed by atoms with E-state index in [2.05, 4.69) is 0 Å². The van der Waals surface area contributed by atoms with E-state index in [-0.39, 0.29) is 35.8 Å². The number of phenolic OH excluding ortho intramolecular Hbond substituents is 1. The fraction of sp³-hybridized carbons (Fsp3) is 0.500. The zero-order valence-electron chi connectivity index (χ0n) is 11.7. The van der Waals surface area contributed by atoms with Crippen molar-refractivity contribution in [2.24, 2.45) is 11.8 Å². The van der Waals surface area contributed by atoms with Gasteiger partial charge in [0.15, 0.2) is 5.78 Å². The van der Waals surface area contributed by atoms with Gasteiger partial charge in [-0.3, -0.25) is 9.59 Å². The van der Waals surface area contributed by atoms with E-state index < -0.39 is 0 Å². The van der Waals surface area contributed by atoms with Gasteiger partial charge in [-0.1, -0.05) is 25.0 Å². The summed E-state index contributed by atoms with van der Waals surface area (Å²) in [5.41, 5.74) is 0.356. The fourth-order valence-electron chi connectivity index (χ4n) is 2.98. The number of aromatic hydroxyl groups is 1. The molecule has 1 aromatic rings. The first-order valence-corrected chi connectivity index (χ1v) is 7.02. The predicted octanol–water partition coefficient (Wildman–Crippen LogP) is 2.94. The first-order chi connectivity index (χ1) is 9.63. The molecule has 1 saturated carbocycles. The average Bonchev–Trinajstić information content (AvgIpc) is 2.47. The average molecular weight is 276 g/mol. The number of rotatable bonds is 4. The van der Waals surface area contributed by atoms with Crippen LogP contribution in [0.1, 0.15) is 42.5 Å². The molecule has 1 N–H and O–H groups in total. The molecule has 1 aromatic carbocycles. The minimum Gasteiger partial charge on any atom is -0.507 e. The van der Waals surface area contributed by atoms with E-state index in [1.165, 1.54) is 13.2 Å². The van der Waals surface area contributed by atoms with Crippen LogP contribution in [0.4, 0.5) is 0 Å². The van der Waals surface area contributed by atoms with E-state index in [0.717, 1.165) is 25.7 Å². The molecule has 1 aliphatic carbocycles. The van der Waals surface area contributed by atoms with Gasteiger partial charge in [-0.15, -0.1) is 0 Å². The maximum atomic E-state index is 12.6. The molecule has 0 heterocycles. The SMILES string of the molecule is COC(=O)CC1CCCCC1C(=O)c1ccccc1O. The number of para-hydroxylation sites is 1. The van der Waals surface area contributed by atoms with E-state index in [1.54, 1.807) is 18.2 Å². The van der Waals surface area contributed by atoms with Crippen LogP contribution in [0.15, 0.2) is 24.3 Å². The van der Waals surface area contributed by atoms with E-state index in [0.29, 0.717) is 5.56 Å². The minimum absolute atomic E-state index is 0.0138. The molecule has 0 amide bonds. The van der Waals surface area contributed by atoms with Crippen LogP contribution < -0.4 is 0 Å². The Morgan fingerprint density at radius 2 is 1.95 bits per heavy atom. The smallest absolute Gasteiger partial charge is 0.305 e. The number of Topliss-reactive ketones (excluding diaryl/α,β-unsaturated/α-hetero) is 1. The monoisotopic (exact) mass is 276 g/mol. The van der Waals surface area contributed by atoms with Crippen LogP contribution in [-0.2, 0) is 9.53 Å². The molecule has 0 aromatic heterocycles.